The normalized spacial score (nSPS) is 33.6. The minimum Gasteiger partial charge on any atom is -0.368 e. The highest BCUT2D eigenvalue weighted by molar-refractivity contribution is 5.84. The SMILES string of the molecule is CC(C)CN(C1CC1)C1CCC(N)(C(N)=O)C1. The van der Waals surface area contributed by atoms with Gasteiger partial charge in [0.25, 0.3) is 0 Å². The first-order chi connectivity index (χ1) is 7.92. The lowest BCUT2D eigenvalue weighted by atomic mass is 9.98. The van der Waals surface area contributed by atoms with E-state index in [4.69, 9.17) is 11.5 Å². The van der Waals surface area contributed by atoms with E-state index in [1.807, 2.05) is 0 Å². The van der Waals surface area contributed by atoms with Gasteiger partial charge >= 0.3 is 0 Å². The fraction of sp³-hybridized carbons (Fsp3) is 0.923. The maximum atomic E-state index is 11.4. The Kier molecular flexibility index (Phi) is 3.46. The molecule has 2 fully saturated rings. The number of nitrogens with two attached hydrogens (primary N) is 2. The van der Waals surface area contributed by atoms with Crippen LogP contribution in [0.3, 0.4) is 0 Å². The van der Waals surface area contributed by atoms with Gasteiger partial charge in [0.15, 0.2) is 0 Å². The highest BCUT2D eigenvalue weighted by Crippen LogP contribution is 2.37. The predicted octanol–water partition coefficient (Wildman–Crippen LogP) is 0.842. The largest absolute Gasteiger partial charge is 0.368 e. The molecule has 4 N–H and O–H groups in total. The van der Waals surface area contributed by atoms with Gasteiger partial charge in [-0.25, -0.2) is 0 Å². The average molecular weight is 239 g/mol. The molecule has 0 aromatic carbocycles. The number of nitrogens with zero attached hydrogens (tertiary/aromatic N) is 1. The lowest BCUT2D eigenvalue weighted by Crippen LogP contribution is -2.51. The van der Waals surface area contributed by atoms with E-state index in [9.17, 15) is 4.79 Å². The van der Waals surface area contributed by atoms with Crippen LogP contribution in [0.1, 0.15) is 46.0 Å². The molecule has 2 atom stereocenters. The first kappa shape index (κ1) is 12.8. The Bertz CT molecular complexity index is 301. The van der Waals surface area contributed by atoms with E-state index in [-0.39, 0.29) is 5.91 Å². The van der Waals surface area contributed by atoms with Crippen LogP contribution in [0.25, 0.3) is 0 Å². The van der Waals surface area contributed by atoms with Crippen LogP contribution in [0.4, 0.5) is 0 Å². The van der Waals surface area contributed by atoms with Gasteiger partial charge in [-0.3, -0.25) is 9.69 Å². The zero-order valence-electron chi connectivity index (χ0n) is 11.0. The number of rotatable bonds is 5. The molecule has 0 saturated heterocycles. The Hall–Kier alpha value is -0.610. The maximum absolute atomic E-state index is 11.4. The fourth-order valence-corrected chi connectivity index (χ4v) is 2.98. The summed E-state index contributed by atoms with van der Waals surface area (Å²) in [7, 11) is 0. The molecule has 2 unspecified atom stereocenters. The standard InChI is InChI=1S/C13H25N3O/c1-9(2)8-16(10-3-4-10)11-5-6-13(15,7-11)12(14)17/h9-11H,3-8,15H2,1-2H3,(H2,14,17). The molecule has 0 aliphatic heterocycles. The van der Waals surface area contributed by atoms with Crippen LogP contribution in [0.15, 0.2) is 0 Å². The first-order valence-electron chi connectivity index (χ1n) is 6.77. The molecule has 98 valence electrons. The fourth-order valence-electron chi connectivity index (χ4n) is 2.98. The summed E-state index contributed by atoms with van der Waals surface area (Å²) in [5.41, 5.74) is 10.7. The van der Waals surface area contributed by atoms with Crippen molar-refractivity contribution in [2.45, 2.75) is 63.6 Å². The average Bonchev–Trinajstić information content (AvgIpc) is 2.98. The number of amides is 1. The van der Waals surface area contributed by atoms with Crippen molar-refractivity contribution < 1.29 is 4.79 Å². The van der Waals surface area contributed by atoms with Gasteiger partial charge < -0.3 is 11.5 Å². The molecule has 1 amide bonds. The van der Waals surface area contributed by atoms with Gasteiger partial charge in [0.2, 0.25) is 5.91 Å². The van der Waals surface area contributed by atoms with E-state index in [0.717, 1.165) is 31.8 Å². The highest BCUT2D eigenvalue weighted by Gasteiger charge is 2.45. The highest BCUT2D eigenvalue weighted by atomic mass is 16.1. The van der Waals surface area contributed by atoms with Gasteiger partial charge in [-0.15, -0.1) is 0 Å². The Morgan fingerprint density at radius 2 is 2.00 bits per heavy atom. The van der Waals surface area contributed by atoms with Crippen molar-refractivity contribution in [1.29, 1.82) is 0 Å². The van der Waals surface area contributed by atoms with E-state index in [2.05, 4.69) is 18.7 Å². The third-order valence-corrected chi connectivity index (χ3v) is 4.08. The zero-order valence-corrected chi connectivity index (χ0v) is 11.0. The van der Waals surface area contributed by atoms with E-state index in [0.29, 0.717) is 12.0 Å². The van der Waals surface area contributed by atoms with Crippen LogP contribution in [-0.2, 0) is 4.79 Å². The van der Waals surface area contributed by atoms with Crippen molar-refractivity contribution in [2.24, 2.45) is 17.4 Å². The molecule has 2 aliphatic carbocycles. The van der Waals surface area contributed by atoms with Crippen LogP contribution in [0, 0.1) is 5.92 Å². The molecule has 4 heteroatoms. The molecule has 0 spiro atoms. The van der Waals surface area contributed by atoms with Gasteiger partial charge in [0, 0.05) is 18.6 Å². The summed E-state index contributed by atoms with van der Waals surface area (Å²) in [6.07, 6.45) is 5.11. The summed E-state index contributed by atoms with van der Waals surface area (Å²) in [5.74, 6) is 0.331. The molecule has 2 saturated carbocycles. The van der Waals surface area contributed by atoms with Crippen LogP contribution in [0.2, 0.25) is 0 Å². The maximum Gasteiger partial charge on any atom is 0.237 e. The van der Waals surface area contributed by atoms with Crippen LogP contribution in [0.5, 0.6) is 0 Å². The number of carbonyl (C=O) groups excluding carboxylic acids is 1. The van der Waals surface area contributed by atoms with Gasteiger partial charge in [0.05, 0.1) is 5.54 Å². The van der Waals surface area contributed by atoms with Gasteiger partial charge in [-0.1, -0.05) is 13.8 Å². The Labute approximate surface area is 104 Å². The van der Waals surface area contributed by atoms with E-state index in [1.54, 1.807) is 0 Å². The van der Waals surface area contributed by atoms with Gasteiger partial charge in [-0.05, 0) is 38.0 Å². The Morgan fingerprint density at radius 3 is 2.41 bits per heavy atom. The third-order valence-electron chi connectivity index (χ3n) is 4.08. The second-order valence-corrected chi connectivity index (χ2v) is 6.24. The van der Waals surface area contributed by atoms with Crippen LogP contribution < -0.4 is 11.5 Å². The van der Waals surface area contributed by atoms with Crippen LogP contribution >= 0.6 is 0 Å². The Balaban J connectivity index is 1.99. The molecule has 0 heterocycles. The third kappa shape index (κ3) is 2.80. The Morgan fingerprint density at radius 1 is 1.35 bits per heavy atom. The van der Waals surface area contributed by atoms with Crippen molar-refractivity contribution in [1.82, 2.24) is 4.90 Å². The summed E-state index contributed by atoms with van der Waals surface area (Å²) < 4.78 is 0. The molecule has 2 rings (SSSR count). The molecule has 0 aromatic heterocycles. The first-order valence-corrected chi connectivity index (χ1v) is 6.77. The smallest absolute Gasteiger partial charge is 0.237 e. The number of hydrogen-bond donors (Lipinski definition) is 2. The van der Waals surface area contributed by atoms with Crippen molar-refractivity contribution >= 4 is 5.91 Å². The van der Waals surface area contributed by atoms with E-state index in [1.165, 1.54) is 12.8 Å². The second kappa shape index (κ2) is 4.58. The molecule has 0 aromatic rings. The lowest BCUT2D eigenvalue weighted by Gasteiger charge is -2.31. The van der Waals surface area contributed by atoms with Crippen molar-refractivity contribution in [3.63, 3.8) is 0 Å². The minimum atomic E-state index is -0.755. The van der Waals surface area contributed by atoms with Crippen LogP contribution in [-0.4, -0.2) is 35.0 Å². The monoisotopic (exact) mass is 239 g/mol. The van der Waals surface area contributed by atoms with E-state index < -0.39 is 5.54 Å². The minimum absolute atomic E-state index is 0.333. The molecular formula is C13H25N3O. The number of carbonyl (C=O) groups is 1. The van der Waals surface area contributed by atoms with Crippen molar-refractivity contribution in [2.75, 3.05) is 6.54 Å². The van der Waals surface area contributed by atoms with Gasteiger partial charge in [0.1, 0.15) is 0 Å². The second-order valence-electron chi connectivity index (χ2n) is 6.24. The predicted molar refractivity (Wildman–Crippen MR) is 68.3 cm³/mol. The number of hydrogen-bond acceptors (Lipinski definition) is 3. The quantitative estimate of drug-likeness (QED) is 0.747. The molecular weight excluding hydrogens is 214 g/mol. The van der Waals surface area contributed by atoms with Crippen molar-refractivity contribution in [3.8, 4) is 0 Å². The summed E-state index contributed by atoms with van der Waals surface area (Å²) in [6, 6.07) is 1.19. The summed E-state index contributed by atoms with van der Waals surface area (Å²) in [6.45, 7) is 5.60. The summed E-state index contributed by atoms with van der Waals surface area (Å²) in [4.78, 5) is 13.9. The van der Waals surface area contributed by atoms with E-state index >= 15 is 0 Å². The summed E-state index contributed by atoms with van der Waals surface area (Å²) in [5, 5.41) is 0. The van der Waals surface area contributed by atoms with Crippen molar-refractivity contribution in [3.05, 3.63) is 0 Å². The molecule has 0 radical (unpaired) electrons. The van der Waals surface area contributed by atoms with Gasteiger partial charge in [-0.2, -0.15) is 0 Å². The molecule has 17 heavy (non-hydrogen) atoms. The molecule has 0 bridgehead atoms. The lowest BCUT2D eigenvalue weighted by molar-refractivity contribution is -0.123. The zero-order chi connectivity index (χ0) is 12.6. The number of primary amides is 1. The molecule has 2 aliphatic rings. The summed E-state index contributed by atoms with van der Waals surface area (Å²) >= 11 is 0. The molecule has 4 nitrogen and oxygen atoms in total. The topological polar surface area (TPSA) is 72.3 Å².